The Bertz CT molecular complexity index is 985. The van der Waals surface area contributed by atoms with Gasteiger partial charge in [0.15, 0.2) is 0 Å². The van der Waals surface area contributed by atoms with Crippen LogP contribution in [0.5, 0.6) is 0 Å². The number of benzene rings is 1. The third-order valence-corrected chi connectivity index (χ3v) is 5.55. The van der Waals surface area contributed by atoms with Crippen LogP contribution in [-0.4, -0.2) is 55.7 Å². The van der Waals surface area contributed by atoms with Gasteiger partial charge in [-0.3, -0.25) is 14.3 Å². The van der Waals surface area contributed by atoms with Crippen molar-refractivity contribution in [2.24, 2.45) is 13.0 Å². The summed E-state index contributed by atoms with van der Waals surface area (Å²) in [6, 6.07) is 7.78. The van der Waals surface area contributed by atoms with Gasteiger partial charge in [-0.25, -0.2) is 4.98 Å². The molecule has 1 fully saturated rings. The molecule has 30 heavy (non-hydrogen) atoms. The quantitative estimate of drug-likeness (QED) is 0.678. The molecule has 8 heteroatoms. The van der Waals surface area contributed by atoms with E-state index in [0.717, 1.165) is 24.9 Å². The molecule has 2 aromatic heterocycles. The first kappa shape index (κ1) is 19.9. The van der Waals surface area contributed by atoms with Gasteiger partial charge in [0.1, 0.15) is 0 Å². The third-order valence-electron chi connectivity index (χ3n) is 5.55. The molecule has 0 aliphatic carbocycles. The number of hydrogen-bond acceptors (Lipinski definition) is 4. The highest BCUT2D eigenvalue weighted by Crippen LogP contribution is 2.19. The number of nitrogens with one attached hydrogen (secondary N) is 1. The number of aromatic nitrogens is 4. The molecule has 156 valence electrons. The topological polar surface area (TPSA) is 85.0 Å². The maximum Gasteiger partial charge on any atom is 0.254 e. The molecule has 0 spiro atoms. The molecule has 3 heterocycles. The van der Waals surface area contributed by atoms with Crippen molar-refractivity contribution in [1.29, 1.82) is 0 Å². The Morgan fingerprint density at radius 2 is 1.90 bits per heavy atom. The molecule has 1 N–H and O–H groups in total. The molecule has 2 amide bonds. The Morgan fingerprint density at radius 1 is 1.13 bits per heavy atom. The van der Waals surface area contributed by atoms with Crippen LogP contribution in [0.3, 0.4) is 0 Å². The molecule has 1 aliphatic rings. The molecule has 1 saturated heterocycles. The number of carbonyl (C=O) groups excluding carboxylic acids is 2. The lowest BCUT2D eigenvalue weighted by atomic mass is 9.96. The summed E-state index contributed by atoms with van der Waals surface area (Å²) in [4.78, 5) is 30.9. The van der Waals surface area contributed by atoms with Crippen LogP contribution in [0.4, 0.5) is 0 Å². The second-order valence-corrected chi connectivity index (χ2v) is 7.78. The first-order valence-corrected chi connectivity index (χ1v) is 10.2. The van der Waals surface area contributed by atoms with Crippen LogP contribution in [0.1, 0.15) is 39.1 Å². The molecular weight excluding hydrogens is 380 g/mol. The van der Waals surface area contributed by atoms with E-state index in [0.29, 0.717) is 36.7 Å². The summed E-state index contributed by atoms with van der Waals surface area (Å²) in [5, 5.41) is 7.00. The molecule has 0 saturated carbocycles. The van der Waals surface area contributed by atoms with Crippen LogP contribution in [0.15, 0.2) is 55.4 Å². The zero-order valence-corrected chi connectivity index (χ0v) is 17.1. The lowest BCUT2D eigenvalue weighted by Gasteiger charge is -2.32. The normalized spacial score (nSPS) is 14.6. The highest BCUT2D eigenvalue weighted by molar-refractivity contribution is 5.94. The number of rotatable bonds is 6. The zero-order valence-electron chi connectivity index (χ0n) is 17.1. The zero-order chi connectivity index (χ0) is 20.9. The van der Waals surface area contributed by atoms with Crippen molar-refractivity contribution in [2.45, 2.75) is 19.4 Å². The molecule has 0 bridgehead atoms. The molecule has 4 rings (SSSR count). The predicted octanol–water partition coefficient (Wildman–Crippen LogP) is 1.95. The Kier molecular flexibility index (Phi) is 5.92. The van der Waals surface area contributed by atoms with Gasteiger partial charge in [-0.2, -0.15) is 5.10 Å². The van der Waals surface area contributed by atoms with Crippen LogP contribution >= 0.6 is 0 Å². The summed E-state index contributed by atoms with van der Waals surface area (Å²) in [6.45, 7) is 2.79. The second kappa shape index (κ2) is 8.94. The van der Waals surface area contributed by atoms with E-state index < -0.39 is 0 Å². The van der Waals surface area contributed by atoms with E-state index >= 15 is 0 Å². The van der Waals surface area contributed by atoms with Crippen LogP contribution in [-0.2, 0) is 13.6 Å². The maximum absolute atomic E-state index is 12.8. The lowest BCUT2D eigenvalue weighted by molar-refractivity contribution is 0.0684. The number of hydrogen-bond donors (Lipinski definition) is 1. The van der Waals surface area contributed by atoms with Crippen molar-refractivity contribution in [2.75, 3.05) is 19.6 Å². The molecule has 1 aromatic carbocycles. The van der Waals surface area contributed by atoms with Gasteiger partial charge in [0.05, 0.1) is 18.1 Å². The minimum Gasteiger partial charge on any atom is -0.352 e. The van der Waals surface area contributed by atoms with Gasteiger partial charge in [0.2, 0.25) is 0 Å². The third kappa shape index (κ3) is 4.76. The standard InChI is InChI=1S/C22H26N6O2/c1-26-15-20(13-25-26)21(29)24-12-17-6-9-28(10-7-17)22(30)19-4-2-18(3-5-19)14-27-11-8-23-16-27/h2-5,8,11,13,15-17H,6-7,9-10,12,14H2,1H3,(H,24,29). The fraction of sp³-hybridized carbons (Fsp3) is 0.364. The van der Waals surface area contributed by atoms with Crippen LogP contribution in [0.2, 0.25) is 0 Å². The van der Waals surface area contributed by atoms with E-state index in [1.165, 1.54) is 0 Å². The average Bonchev–Trinajstić information content (AvgIpc) is 3.44. The number of aryl methyl sites for hydroxylation is 1. The number of carbonyl (C=O) groups is 2. The summed E-state index contributed by atoms with van der Waals surface area (Å²) in [6.07, 6.45) is 10.5. The van der Waals surface area contributed by atoms with E-state index in [1.807, 2.05) is 39.9 Å². The molecule has 1 aliphatic heterocycles. The van der Waals surface area contributed by atoms with E-state index in [9.17, 15) is 9.59 Å². The number of amides is 2. The molecular formula is C22H26N6O2. The predicted molar refractivity (Wildman–Crippen MR) is 112 cm³/mol. The summed E-state index contributed by atoms with van der Waals surface area (Å²) in [7, 11) is 1.79. The van der Waals surface area contributed by atoms with E-state index in [2.05, 4.69) is 15.4 Å². The van der Waals surface area contributed by atoms with Gasteiger partial charge in [0.25, 0.3) is 11.8 Å². The molecule has 0 atom stereocenters. The van der Waals surface area contributed by atoms with E-state index in [-0.39, 0.29) is 11.8 Å². The van der Waals surface area contributed by atoms with Crippen molar-refractivity contribution in [3.8, 4) is 0 Å². The first-order chi connectivity index (χ1) is 14.6. The van der Waals surface area contributed by atoms with Crippen molar-refractivity contribution in [3.05, 3.63) is 72.1 Å². The molecule has 8 nitrogen and oxygen atoms in total. The molecule has 0 unspecified atom stereocenters. The van der Waals surface area contributed by atoms with Crippen LogP contribution in [0.25, 0.3) is 0 Å². The summed E-state index contributed by atoms with van der Waals surface area (Å²) < 4.78 is 3.61. The van der Waals surface area contributed by atoms with Gasteiger partial charge in [-0.05, 0) is 36.5 Å². The van der Waals surface area contributed by atoms with Crippen LogP contribution in [0, 0.1) is 5.92 Å². The lowest BCUT2D eigenvalue weighted by Crippen LogP contribution is -2.41. The highest BCUT2D eigenvalue weighted by Gasteiger charge is 2.24. The smallest absolute Gasteiger partial charge is 0.254 e. The van der Waals surface area contributed by atoms with Gasteiger partial charge in [-0.1, -0.05) is 12.1 Å². The fourth-order valence-corrected chi connectivity index (χ4v) is 3.74. The number of likely N-dealkylation sites (tertiary alicyclic amines) is 1. The fourth-order valence-electron chi connectivity index (χ4n) is 3.74. The second-order valence-electron chi connectivity index (χ2n) is 7.78. The van der Waals surface area contributed by atoms with Crippen molar-refractivity contribution in [3.63, 3.8) is 0 Å². The van der Waals surface area contributed by atoms with Crippen LogP contribution < -0.4 is 5.32 Å². The van der Waals surface area contributed by atoms with Crippen molar-refractivity contribution < 1.29 is 9.59 Å². The average molecular weight is 406 g/mol. The highest BCUT2D eigenvalue weighted by atomic mass is 16.2. The number of imidazole rings is 1. The summed E-state index contributed by atoms with van der Waals surface area (Å²) in [5.41, 5.74) is 2.42. The Morgan fingerprint density at radius 3 is 2.53 bits per heavy atom. The van der Waals surface area contributed by atoms with Gasteiger partial charge < -0.3 is 14.8 Å². The Balaban J connectivity index is 1.24. The van der Waals surface area contributed by atoms with E-state index in [1.54, 1.807) is 36.6 Å². The number of nitrogens with zero attached hydrogens (tertiary/aromatic N) is 5. The summed E-state index contributed by atoms with van der Waals surface area (Å²) in [5.74, 6) is 0.353. The first-order valence-electron chi connectivity index (χ1n) is 10.2. The van der Waals surface area contributed by atoms with Gasteiger partial charge in [-0.15, -0.1) is 0 Å². The molecule has 0 radical (unpaired) electrons. The van der Waals surface area contributed by atoms with Crippen molar-refractivity contribution >= 4 is 11.8 Å². The summed E-state index contributed by atoms with van der Waals surface area (Å²) >= 11 is 0. The maximum atomic E-state index is 12.8. The largest absolute Gasteiger partial charge is 0.352 e. The van der Waals surface area contributed by atoms with E-state index in [4.69, 9.17) is 0 Å². The Hall–Kier alpha value is -3.42. The molecule has 3 aromatic rings. The van der Waals surface area contributed by atoms with Gasteiger partial charge in [0, 0.05) is 57.4 Å². The van der Waals surface area contributed by atoms with Crippen molar-refractivity contribution in [1.82, 2.24) is 29.5 Å². The van der Waals surface area contributed by atoms with Gasteiger partial charge >= 0.3 is 0 Å². The number of piperidine rings is 1. The minimum atomic E-state index is -0.0996. The minimum absolute atomic E-state index is 0.0713. The monoisotopic (exact) mass is 406 g/mol. The Labute approximate surface area is 175 Å². The SMILES string of the molecule is Cn1cc(C(=O)NCC2CCN(C(=O)c3ccc(Cn4ccnc4)cc3)CC2)cn1.